The Morgan fingerprint density at radius 3 is 2.57 bits per heavy atom. The van der Waals surface area contributed by atoms with E-state index in [1.165, 1.54) is 23.9 Å². The highest BCUT2D eigenvalue weighted by molar-refractivity contribution is 8.00. The Kier molecular flexibility index (Phi) is 4.29. The Hall–Kier alpha value is -1.67. The lowest BCUT2D eigenvalue weighted by Crippen LogP contribution is -2.33. The zero-order valence-electron chi connectivity index (χ0n) is 11.9. The van der Waals surface area contributed by atoms with E-state index in [2.05, 4.69) is 0 Å². The van der Waals surface area contributed by atoms with Gasteiger partial charge in [-0.3, -0.25) is 25.0 Å². The molecular weight excluding hydrogens is 344 g/mol. The van der Waals surface area contributed by atoms with E-state index in [0.717, 1.165) is 18.9 Å². The Balaban J connectivity index is 1.91. The van der Waals surface area contributed by atoms with E-state index in [4.69, 9.17) is 11.6 Å². The van der Waals surface area contributed by atoms with Gasteiger partial charge in [-0.05, 0) is 24.8 Å². The molecule has 23 heavy (non-hydrogen) atoms. The maximum absolute atomic E-state index is 12.1. The molecule has 0 aliphatic heterocycles. The molecule has 1 aromatic carbocycles. The maximum Gasteiger partial charge on any atom is 0.289 e. The summed E-state index contributed by atoms with van der Waals surface area (Å²) in [5.41, 5.74) is -0.648. The number of Topliss-reactive ketones (excluding diaryl/α,β-unsaturated/α-hetero) is 1. The molecule has 0 saturated heterocycles. The number of benzene rings is 1. The monoisotopic (exact) mass is 356 g/mol. The van der Waals surface area contributed by atoms with Gasteiger partial charge in [0, 0.05) is 29.0 Å². The Morgan fingerprint density at radius 2 is 1.91 bits per heavy atom. The summed E-state index contributed by atoms with van der Waals surface area (Å²) in [6.07, 6.45) is 2.04. The molecule has 9 heteroatoms. The highest BCUT2D eigenvalue weighted by atomic mass is 35.5. The molecule has 2 bridgehead atoms. The van der Waals surface area contributed by atoms with Crippen molar-refractivity contribution in [1.82, 2.24) is 0 Å². The van der Waals surface area contributed by atoms with E-state index < -0.39 is 9.85 Å². The van der Waals surface area contributed by atoms with E-state index in [-0.39, 0.29) is 33.7 Å². The van der Waals surface area contributed by atoms with E-state index >= 15 is 0 Å². The van der Waals surface area contributed by atoms with Gasteiger partial charge in [0.25, 0.3) is 11.4 Å². The third kappa shape index (κ3) is 3.05. The summed E-state index contributed by atoms with van der Waals surface area (Å²) in [4.78, 5) is 33.1. The van der Waals surface area contributed by atoms with Gasteiger partial charge in [0.05, 0.1) is 20.8 Å². The topological polar surface area (TPSA) is 103 Å². The van der Waals surface area contributed by atoms with Crippen molar-refractivity contribution in [2.75, 3.05) is 0 Å². The lowest BCUT2D eigenvalue weighted by molar-refractivity contribution is -0.396. The van der Waals surface area contributed by atoms with Crippen molar-refractivity contribution in [3.63, 3.8) is 0 Å². The van der Waals surface area contributed by atoms with Crippen molar-refractivity contribution in [2.45, 2.75) is 34.8 Å². The highest BCUT2D eigenvalue weighted by Gasteiger charge is 2.47. The number of fused-ring (bicyclic) bond motifs is 2. The minimum atomic E-state index is -0.669. The molecule has 4 atom stereocenters. The third-order valence-corrected chi connectivity index (χ3v) is 6.54. The van der Waals surface area contributed by atoms with Gasteiger partial charge in [-0.2, -0.15) is 0 Å². The van der Waals surface area contributed by atoms with E-state index in [1.807, 2.05) is 0 Å². The fourth-order valence-corrected chi connectivity index (χ4v) is 5.34. The van der Waals surface area contributed by atoms with Crippen molar-refractivity contribution in [1.29, 1.82) is 0 Å². The number of nitrogens with zero attached hydrogens (tertiary/aromatic N) is 2. The fraction of sp³-hybridized carbons (Fsp3) is 0.500. The molecule has 0 unspecified atom stereocenters. The lowest BCUT2D eigenvalue weighted by Gasteiger charge is -2.31. The molecular formula is C14H13ClN2O5S. The summed E-state index contributed by atoms with van der Waals surface area (Å²) in [5.74, 6) is 0.301. The van der Waals surface area contributed by atoms with Crippen LogP contribution in [0.25, 0.3) is 0 Å². The van der Waals surface area contributed by atoms with Gasteiger partial charge in [0.1, 0.15) is 5.78 Å². The Bertz CT molecular complexity index is 698. The zero-order chi connectivity index (χ0) is 16.7. The predicted molar refractivity (Wildman–Crippen MR) is 84.9 cm³/mol. The Morgan fingerprint density at radius 1 is 1.17 bits per heavy atom. The average molecular weight is 357 g/mol. The molecule has 0 amide bonds. The molecule has 0 N–H and O–H groups in total. The molecule has 2 aliphatic rings. The number of hydrogen-bond donors (Lipinski definition) is 0. The van der Waals surface area contributed by atoms with Crippen molar-refractivity contribution in [3.05, 3.63) is 38.4 Å². The molecule has 0 heterocycles. The summed E-state index contributed by atoms with van der Waals surface area (Å²) in [6, 6.07) is 3.56. The van der Waals surface area contributed by atoms with Crippen molar-refractivity contribution in [2.24, 2.45) is 11.8 Å². The van der Waals surface area contributed by atoms with Crippen LogP contribution in [0.5, 0.6) is 0 Å². The first-order chi connectivity index (χ1) is 10.9. The van der Waals surface area contributed by atoms with Crippen LogP contribution in [0, 0.1) is 32.1 Å². The quantitative estimate of drug-likeness (QED) is 0.464. The van der Waals surface area contributed by atoms with Crippen LogP contribution >= 0.6 is 23.4 Å². The predicted octanol–water partition coefficient (Wildman–Crippen LogP) is 3.57. The maximum atomic E-state index is 12.1. The first kappa shape index (κ1) is 16.2. The molecule has 0 spiro atoms. The number of hydrogen-bond acceptors (Lipinski definition) is 6. The highest BCUT2D eigenvalue weighted by Crippen LogP contribution is 2.49. The van der Waals surface area contributed by atoms with Crippen molar-refractivity contribution < 1.29 is 14.6 Å². The molecule has 2 fully saturated rings. The fourth-order valence-electron chi connectivity index (χ4n) is 3.38. The second-order valence-electron chi connectivity index (χ2n) is 5.88. The standard InChI is InChI=1S/C14H13ClN2O5S/c15-10-4-7-3-9(12(18)5-7)14(10)23-13-2-1-8(16(19)20)6-11(13)17(21)22/h1-2,6-7,9-10,14H,3-5H2/t7-,9-,10-,14-/m0/s1. The summed E-state index contributed by atoms with van der Waals surface area (Å²) >= 11 is 7.58. The second kappa shape index (κ2) is 6.09. The smallest absolute Gasteiger partial charge is 0.289 e. The minimum absolute atomic E-state index is 0.167. The largest absolute Gasteiger partial charge is 0.299 e. The van der Waals surface area contributed by atoms with Crippen molar-refractivity contribution >= 4 is 40.5 Å². The van der Waals surface area contributed by atoms with Crippen LogP contribution < -0.4 is 0 Å². The van der Waals surface area contributed by atoms with Gasteiger partial charge < -0.3 is 0 Å². The second-order valence-corrected chi connectivity index (χ2v) is 7.66. The first-order valence-electron chi connectivity index (χ1n) is 7.13. The molecule has 122 valence electrons. The van der Waals surface area contributed by atoms with Gasteiger partial charge in [-0.25, -0.2) is 0 Å². The number of carbonyl (C=O) groups is 1. The summed E-state index contributed by atoms with van der Waals surface area (Å²) in [5, 5.41) is 21.5. The number of nitro benzene ring substituents is 2. The number of halogens is 1. The normalized spacial score (nSPS) is 29.5. The van der Waals surface area contributed by atoms with E-state index in [1.54, 1.807) is 0 Å². The van der Waals surface area contributed by atoms with Gasteiger partial charge >= 0.3 is 0 Å². The van der Waals surface area contributed by atoms with Gasteiger partial charge in [-0.1, -0.05) is 0 Å². The third-order valence-electron chi connectivity index (χ3n) is 4.42. The van der Waals surface area contributed by atoms with Crippen LogP contribution in [0.15, 0.2) is 23.1 Å². The van der Waals surface area contributed by atoms with Crippen LogP contribution in [0.2, 0.25) is 0 Å². The number of rotatable bonds is 4. The van der Waals surface area contributed by atoms with Gasteiger partial charge in [-0.15, -0.1) is 23.4 Å². The molecule has 0 radical (unpaired) electrons. The summed E-state index contributed by atoms with van der Waals surface area (Å²) < 4.78 is 0. The number of carbonyl (C=O) groups excluding carboxylic acids is 1. The number of non-ortho nitro benzene ring substituents is 1. The molecule has 0 aromatic heterocycles. The Labute approximate surface area is 140 Å². The molecule has 7 nitrogen and oxygen atoms in total. The SMILES string of the molecule is O=C1C[C@@H]2C[C@H](Cl)[C@@H](Sc3ccc([N+](=O)[O-])cc3[N+](=O)[O-])[C@H]1C2. The van der Waals surface area contributed by atoms with Gasteiger partial charge in [0.15, 0.2) is 0 Å². The average Bonchev–Trinajstić information content (AvgIpc) is 2.79. The lowest BCUT2D eigenvalue weighted by atomic mass is 9.88. The number of thioether (sulfide) groups is 1. The first-order valence-corrected chi connectivity index (χ1v) is 8.44. The van der Waals surface area contributed by atoms with Crippen LogP contribution in [0.1, 0.15) is 19.3 Å². The van der Waals surface area contributed by atoms with Crippen molar-refractivity contribution in [3.8, 4) is 0 Å². The minimum Gasteiger partial charge on any atom is -0.299 e. The summed E-state index contributed by atoms with van der Waals surface area (Å²) in [6.45, 7) is 0. The zero-order valence-corrected chi connectivity index (χ0v) is 13.5. The van der Waals surface area contributed by atoms with Gasteiger partial charge in [0.2, 0.25) is 0 Å². The molecule has 2 aliphatic carbocycles. The van der Waals surface area contributed by atoms with Crippen LogP contribution in [0.3, 0.4) is 0 Å². The van der Waals surface area contributed by atoms with E-state index in [0.29, 0.717) is 17.2 Å². The number of alkyl halides is 1. The van der Waals surface area contributed by atoms with Crippen LogP contribution in [-0.2, 0) is 4.79 Å². The molecule has 3 rings (SSSR count). The van der Waals surface area contributed by atoms with Crippen LogP contribution in [0.4, 0.5) is 11.4 Å². The molecule has 1 aromatic rings. The van der Waals surface area contributed by atoms with E-state index in [9.17, 15) is 25.0 Å². The summed E-state index contributed by atoms with van der Waals surface area (Å²) in [7, 11) is 0. The molecule has 2 saturated carbocycles. The number of nitro groups is 2. The van der Waals surface area contributed by atoms with Crippen LogP contribution in [-0.4, -0.2) is 26.3 Å². The number of ketones is 1.